The maximum absolute atomic E-state index is 12.5. The van der Waals surface area contributed by atoms with Gasteiger partial charge < -0.3 is 27.0 Å². The minimum Gasteiger partial charge on any atom is -0.370 e. The third-order valence-electron chi connectivity index (χ3n) is 5.00. The molecule has 2 atom stereocenters. The van der Waals surface area contributed by atoms with Crippen LogP contribution in [0.25, 0.3) is 0 Å². The molecule has 0 saturated carbocycles. The summed E-state index contributed by atoms with van der Waals surface area (Å²) in [4.78, 5) is 18.4. The van der Waals surface area contributed by atoms with E-state index in [9.17, 15) is 4.79 Å². The summed E-state index contributed by atoms with van der Waals surface area (Å²) in [6.45, 7) is 6.45. The highest BCUT2D eigenvalue weighted by Crippen LogP contribution is 2.27. The molecule has 3 rings (SSSR count). The van der Waals surface area contributed by atoms with Crippen molar-refractivity contribution in [3.8, 4) is 0 Å². The first kappa shape index (κ1) is 22.0. The van der Waals surface area contributed by atoms with E-state index in [0.29, 0.717) is 12.5 Å². The number of nitrogens with one attached hydrogen (secondary N) is 4. The fraction of sp³-hybridized carbons (Fsp3) is 0.429. The zero-order valence-corrected chi connectivity index (χ0v) is 18.6. The van der Waals surface area contributed by atoms with Crippen LogP contribution in [0.3, 0.4) is 0 Å². The number of aliphatic imine (C=N–C) groups is 1. The number of hydrogen-bond acceptors (Lipinski definition) is 5. The smallest absolute Gasteiger partial charge is 0.327 e. The highest BCUT2D eigenvalue weighted by atomic mass is 32.2. The molecule has 0 radical (unpaired) electrons. The molecule has 0 aliphatic carbocycles. The lowest BCUT2D eigenvalue weighted by Gasteiger charge is -2.29. The average molecular weight is 430 g/mol. The predicted octanol–water partition coefficient (Wildman–Crippen LogP) is 2.20. The lowest BCUT2D eigenvalue weighted by atomic mass is 10.1. The van der Waals surface area contributed by atoms with E-state index >= 15 is 0 Å². The fourth-order valence-corrected chi connectivity index (χ4v) is 3.81. The Kier molecular flexibility index (Phi) is 7.64. The Balaban J connectivity index is 1.54. The summed E-state index contributed by atoms with van der Waals surface area (Å²) in [5.41, 5.74) is 8.78. The van der Waals surface area contributed by atoms with Crippen molar-refractivity contribution in [2.45, 2.75) is 32.5 Å². The van der Waals surface area contributed by atoms with Crippen LogP contribution in [0.15, 0.2) is 52.1 Å². The van der Waals surface area contributed by atoms with E-state index in [2.05, 4.69) is 51.4 Å². The molecule has 2 heterocycles. The van der Waals surface area contributed by atoms with Crippen LogP contribution < -0.4 is 31.9 Å². The molecule has 9 heteroatoms. The number of carbonyl (C=O) groups excluding carboxylic acids is 1. The van der Waals surface area contributed by atoms with Crippen molar-refractivity contribution in [2.75, 3.05) is 30.8 Å². The first-order valence-corrected chi connectivity index (χ1v) is 11.4. The molecular formula is C21H31N7OS. The molecule has 0 spiro atoms. The molecule has 30 heavy (non-hydrogen) atoms. The van der Waals surface area contributed by atoms with E-state index in [1.54, 1.807) is 16.7 Å². The Morgan fingerprint density at radius 1 is 1.33 bits per heavy atom. The van der Waals surface area contributed by atoms with Crippen LogP contribution in [-0.4, -0.2) is 44.0 Å². The largest absolute Gasteiger partial charge is 0.370 e. The minimum atomic E-state index is -0.142. The van der Waals surface area contributed by atoms with Crippen molar-refractivity contribution < 1.29 is 4.79 Å². The van der Waals surface area contributed by atoms with Crippen molar-refractivity contribution in [3.05, 3.63) is 52.7 Å². The Labute approximate surface area is 182 Å². The number of anilines is 1. The van der Waals surface area contributed by atoms with Gasteiger partial charge in [0.15, 0.2) is 5.96 Å². The van der Waals surface area contributed by atoms with E-state index in [4.69, 9.17) is 5.73 Å². The number of benzene rings is 1. The van der Waals surface area contributed by atoms with E-state index in [-0.39, 0.29) is 18.2 Å². The lowest BCUT2D eigenvalue weighted by molar-refractivity contribution is 0.244. The summed E-state index contributed by atoms with van der Waals surface area (Å²) in [5.74, 6) is 0.498. The van der Waals surface area contributed by atoms with Gasteiger partial charge in [0, 0.05) is 30.9 Å². The number of rotatable bonds is 9. The SMILES string of the molecule is CCNC(N)=NCCCNC(C)c1ccc(N2C=C3C=C(SC)NC3NC2=O)cc1. The number of guanidine groups is 1. The summed E-state index contributed by atoms with van der Waals surface area (Å²) < 4.78 is 0. The standard InChI is InChI=1S/C21H31N7OS/c1-4-23-20(22)25-11-5-10-24-14(2)15-6-8-17(9-7-15)28-13-16-12-18(30-3)26-19(16)27-21(28)29/h6-9,12-14,19,24,26H,4-5,10-11H2,1-3H3,(H,27,29)(H3,22,23,25). The number of nitrogens with two attached hydrogens (primary N) is 1. The molecule has 1 aromatic carbocycles. The predicted molar refractivity (Wildman–Crippen MR) is 125 cm³/mol. The number of thioether (sulfide) groups is 1. The second-order valence-corrected chi connectivity index (χ2v) is 8.00. The van der Waals surface area contributed by atoms with Crippen LogP contribution >= 0.6 is 11.8 Å². The maximum atomic E-state index is 12.5. The molecular weight excluding hydrogens is 398 g/mol. The number of fused-ring (bicyclic) bond motifs is 1. The van der Waals surface area contributed by atoms with Gasteiger partial charge in [-0.05, 0) is 56.8 Å². The Bertz CT molecular complexity index is 834. The second-order valence-electron chi connectivity index (χ2n) is 7.16. The third-order valence-corrected chi connectivity index (χ3v) is 5.67. The van der Waals surface area contributed by atoms with Gasteiger partial charge in [-0.1, -0.05) is 12.1 Å². The first-order valence-electron chi connectivity index (χ1n) is 10.2. The molecule has 8 nitrogen and oxygen atoms in total. The Morgan fingerprint density at radius 3 is 2.80 bits per heavy atom. The lowest BCUT2D eigenvalue weighted by Crippen LogP contribution is -2.51. The van der Waals surface area contributed by atoms with Gasteiger partial charge in [0.1, 0.15) is 6.17 Å². The van der Waals surface area contributed by atoms with Gasteiger partial charge in [-0.25, -0.2) is 4.79 Å². The van der Waals surface area contributed by atoms with Crippen LogP contribution in [0.4, 0.5) is 10.5 Å². The van der Waals surface area contributed by atoms with Gasteiger partial charge in [-0.3, -0.25) is 9.89 Å². The molecule has 6 N–H and O–H groups in total. The van der Waals surface area contributed by atoms with Crippen LogP contribution in [0.5, 0.6) is 0 Å². The monoisotopic (exact) mass is 429 g/mol. The van der Waals surface area contributed by atoms with Crippen molar-refractivity contribution in [1.82, 2.24) is 21.3 Å². The quantitative estimate of drug-likeness (QED) is 0.234. The van der Waals surface area contributed by atoms with Gasteiger partial charge in [-0.15, -0.1) is 11.8 Å². The number of carbonyl (C=O) groups is 1. The highest BCUT2D eigenvalue weighted by molar-refractivity contribution is 8.02. The average Bonchev–Trinajstić information content (AvgIpc) is 3.15. The second kappa shape index (κ2) is 10.4. The molecule has 0 aromatic heterocycles. The molecule has 0 fully saturated rings. The number of amides is 2. The number of nitrogens with zero attached hydrogens (tertiary/aromatic N) is 2. The Hall–Kier alpha value is -2.65. The minimum absolute atomic E-state index is 0.136. The zero-order chi connectivity index (χ0) is 21.5. The molecule has 0 bridgehead atoms. The summed E-state index contributed by atoms with van der Waals surface area (Å²) in [6.07, 6.45) is 6.75. The van der Waals surface area contributed by atoms with Gasteiger partial charge in [-0.2, -0.15) is 0 Å². The topological polar surface area (TPSA) is 107 Å². The summed E-state index contributed by atoms with van der Waals surface area (Å²) in [5, 5.41) is 13.8. The van der Waals surface area contributed by atoms with E-state index in [1.165, 1.54) is 5.56 Å². The van der Waals surface area contributed by atoms with Crippen molar-refractivity contribution >= 4 is 29.4 Å². The van der Waals surface area contributed by atoms with Gasteiger partial charge >= 0.3 is 6.03 Å². The van der Waals surface area contributed by atoms with Crippen LogP contribution in [0.2, 0.25) is 0 Å². The van der Waals surface area contributed by atoms with Crippen LogP contribution in [-0.2, 0) is 0 Å². The first-order chi connectivity index (χ1) is 14.5. The molecule has 2 amide bonds. The molecule has 2 unspecified atom stereocenters. The normalized spacial score (nSPS) is 19.4. The van der Waals surface area contributed by atoms with Crippen molar-refractivity contribution in [1.29, 1.82) is 0 Å². The third kappa shape index (κ3) is 5.48. The van der Waals surface area contributed by atoms with Crippen molar-refractivity contribution in [3.63, 3.8) is 0 Å². The van der Waals surface area contributed by atoms with Gasteiger partial charge in [0.25, 0.3) is 0 Å². The van der Waals surface area contributed by atoms with Gasteiger partial charge in [0.2, 0.25) is 0 Å². The summed E-state index contributed by atoms with van der Waals surface area (Å²) >= 11 is 1.63. The summed E-state index contributed by atoms with van der Waals surface area (Å²) in [6, 6.07) is 8.15. The molecule has 2 aliphatic heterocycles. The maximum Gasteiger partial charge on any atom is 0.327 e. The van der Waals surface area contributed by atoms with E-state index in [0.717, 1.165) is 35.8 Å². The zero-order valence-electron chi connectivity index (χ0n) is 17.7. The van der Waals surface area contributed by atoms with E-state index in [1.807, 2.05) is 31.5 Å². The van der Waals surface area contributed by atoms with Crippen LogP contribution in [0, 0.1) is 0 Å². The number of urea groups is 1. The van der Waals surface area contributed by atoms with Crippen LogP contribution in [0.1, 0.15) is 31.9 Å². The molecule has 1 aromatic rings. The highest BCUT2D eigenvalue weighted by Gasteiger charge is 2.30. The molecule has 162 valence electrons. The number of hydrogen-bond donors (Lipinski definition) is 5. The molecule has 0 saturated heterocycles. The van der Waals surface area contributed by atoms with E-state index < -0.39 is 0 Å². The Morgan fingerprint density at radius 2 is 2.10 bits per heavy atom. The summed E-state index contributed by atoms with van der Waals surface area (Å²) in [7, 11) is 0. The van der Waals surface area contributed by atoms with Crippen molar-refractivity contribution in [2.24, 2.45) is 10.7 Å². The van der Waals surface area contributed by atoms with Gasteiger partial charge in [0.05, 0.1) is 10.7 Å². The fourth-order valence-electron chi connectivity index (χ4n) is 3.32. The molecule has 2 aliphatic rings.